The molecule has 6 heteroatoms. The van der Waals surface area contributed by atoms with Gasteiger partial charge in [-0.05, 0) is 24.3 Å². The molecule has 0 bridgehead atoms. The van der Waals surface area contributed by atoms with Crippen LogP contribution in [0.2, 0.25) is 0 Å². The van der Waals surface area contributed by atoms with Gasteiger partial charge in [0.1, 0.15) is 11.9 Å². The van der Waals surface area contributed by atoms with E-state index in [4.69, 9.17) is 5.26 Å². The summed E-state index contributed by atoms with van der Waals surface area (Å²) in [6.45, 7) is 0. The summed E-state index contributed by atoms with van der Waals surface area (Å²) in [4.78, 5) is 3.61. The first kappa shape index (κ1) is 14.7. The second-order valence-corrected chi connectivity index (χ2v) is 4.12. The number of aromatic nitrogens is 1. The molecular formula is C15H8F4N2. The summed E-state index contributed by atoms with van der Waals surface area (Å²) in [6.07, 6.45) is -2.61. The molecule has 0 spiro atoms. The van der Waals surface area contributed by atoms with Gasteiger partial charge in [0.15, 0.2) is 0 Å². The van der Waals surface area contributed by atoms with E-state index in [9.17, 15) is 17.6 Å². The Morgan fingerprint density at radius 3 is 2.38 bits per heavy atom. The van der Waals surface area contributed by atoms with E-state index in [-0.39, 0.29) is 16.8 Å². The summed E-state index contributed by atoms with van der Waals surface area (Å²) in [6, 6.07) is 9.47. The van der Waals surface area contributed by atoms with Crippen LogP contribution in [0, 0.1) is 17.1 Å². The van der Waals surface area contributed by atoms with Gasteiger partial charge in [-0.3, -0.25) is 4.98 Å². The fourth-order valence-corrected chi connectivity index (χ4v) is 1.63. The molecule has 0 saturated carbocycles. The van der Waals surface area contributed by atoms with Crippen LogP contribution in [0.25, 0.3) is 11.6 Å². The number of nitriles is 1. The number of hydrogen-bond donors (Lipinski definition) is 0. The average molecular weight is 292 g/mol. The highest BCUT2D eigenvalue weighted by Crippen LogP contribution is 2.29. The molecule has 1 heterocycles. The maximum Gasteiger partial charge on any atom is 0.417 e. The van der Waals surface area contributed by atoms with Crippen molar-refractivity contribution in [2.24, 2.45) is 0 Å². The van der Waals surface area contributed by atoms with Gasteiger partial charge in [0.2, 0.25) is 0 Å². The Morgan fingerprint density at radius 2 is 1.86 bits per heavy atom. The number of allylic oxidation sites excluding steroid dienone is 1. The van der Waals surface area contributed by atoms with Crippen molar-refractivity contribution < 1.29 is 17.6 Å². The first-order chi connectivity index (χ1) is 9.91. The number of alkyl halides is 3. The summed E-state index contributed by atoms with van der Waals surface area (Å²) < 4.78 is 50.8. The zero-order valence-corrected chi connectivity index (χ0v) is 10.5. The Morgan fingerprint density at radius 1 is 1.14 bits per heavy atom. The molecule has 106 valence electrons. The van der Waals surface area contributed by atoms with E-state index in [1.54, 1.807) is 12.1 Å². The Balaban J connectivity index is 2.39. The van der Waals surface area contributed by atoms with Crippen LogP contribution in [-0.2, 0) is 6.18 Å². The third-order valence-electron chi connectivity index (χ3n) is 2.69. The Kier molecular flexibility index (Phi) is 4.03. The minimum Gasteiger partial charge on any atom is -0.255 e. The minimum atomic E-state index is -4.49. The lowest BCUT2D eigenvalue weighted by Gasteiger charge is -2.06. The normalized spacial score (nSPS) is 12.0. The zero-order chi connectivity index (χ0) is 15.5. The lowest BCUT2D eigenvalue weighted by molar-refractivity contribution is -0.137. The molecule has 0 fully saturated rings. The van der Waals surface area contributed by atoms with Crippen molar-refractivity contribution >= 4 is 11.6 Å². The first-order valence-corrected chi connectivity index (χ1v) is 5.82. The molecule has 0 saturated heterocycles. The van der Waals surface area contributed by atoms with E-state index in [1.807, 2.05) is 0 Å². The molecule has 0 aliphatic rings. The van der Waals surface area contributed by atoms with E-state index < -0.39 is 17.6 Å². The zero-order valence-electron chi connectivity index (χ0n) is 10.5. The predicted octanol–water partition coefficient (Wildman–Crippen LogP) is 4.30. The van der Waals surface area contributed by atoms with Crippen LogP contribution in [0.15, 0.2) is 42.6 Å². The monoisotopic (exact) mass is 292 g/mol. The van der Waals surface area contributed by atoms with Crippen molar-refractivity contribution in [3.63, 3.8) is 0 Å². The van der Waals surface area contributed by atoms with Crippen LogP contribution < -0.4 is 0 Å². The predicted molar refractivity (Wildman–Crippen MR) is 69.1 cm³/mol. The van der Waals surface area contributed by atoms with E-state index in [0.29, 0.717) is 6.20 Å². The Bertz CT molecular complexity index is 710. The largest absolute Gasteiger partial charge is 0.417 e. The summed E-state index contributed by atoms with van der Waals surface area (Å²) in [5.41, 5.74) is -0.715. The highest BCUT2D eigenvalue weighted by atomic mass is 19.4. The van der Waals surface area contributed by atoms with Crippen molar-refractivity contribution in [1.29, 1.82) is 5.26 Å². The molecule has 0 atom stereocenters. The van der Waals surface area contributed by atoms with Gasteiger partial charge in [-0.2, -0.15) is 18.4 Å². The second kappa shape index (κ2) is 5.75. The van der Waals surface area contributed by atoms with Gasteiger partial charge < -0.3 is 0 Å². The molecule has 0 aliphatic heterocycles. The van der Waals surface area contributed by atoms with Gasteiger partial charge in [-0.1, -0.05) is 18.2 Å². The first-order valence-electron chi connectivity index (χ1n) is 5.82. The minimum absolute atomic E-state index is 0.0196. The van der Waals surface area contributed by atoms with Crippen molar-refractivity contribution in [2.45, 2.75) is 6.18 Å². The van der Waals surface area contributed by atoms with E-state index >= 15 is 0 Å². The number of rotatable bonds is 2. The topological polar surface area (TPSA) is 36.7 Å². The molecule has 0 amide bonds. The standard InChI is InChI=1S/C15H8F4N2/c16-13-4-2-1-3-10(13)7-11(8-20)14-6-5-12(9-21-14)15(17,18)19/h1-7,9H. The van der Waals surface area contributed by atoms with E-state index in [2.05, 4.69) is 4.98 Å². The van der Waals surface area contributed by atoms with Crippen LogP contribution >= 0.6 is 0 Å². The van der Waals surface area contributed by atoms with Gasteiger partial charge >= 0.3 is 6.18 Å². The molecule has 1 aromatic carbocycles. The molecule has 0 aliphatic carbocycles. The highest BCUT2D eigenvalue weighted by Gasteiger charge is 2.30. The maximum absolute atomic E-state index is 13.5. The maximum atomic E-state index is 13.5. The molecule has 0 radical (unpaired) electrons. The highest BCUT2D eigenvalue weighted by molar-refractivity contribution is 5.88. The van der Waals surface area contributed by atoms with Crippen molar-refractivity contribution in [2.75, 3.05) is 0 Å². The van der Waals surface area contributed by atoms with Crippen LogP contribution in [0.4, 0.5) is 17.6 Å². The molecule has 0 unspecified atom stereocenters. The van der Waals surface area contributed by atoms with Gasteiger partial charge in [-0.15, -0.1) is 0 Å². The summed E-state index contributed by atoms with van der Waals surface area (Å²) in [7, 11) is 0. The van der Waals surface area contributed by atoms with Gasteiger partial charge in [0.25, 0.3) is 0 Å². The van der Waals surface area contributed by atoms with Crippen molar-refractivity contribution in [1.82, 2.24) is 4.98 Å². The third-order valence-corrected chi connectivity index (χ3v) is 2.69. The van der Waals surface area contributed by atoms with Gasteiger partial charge in [0.05, 0.1) is 16.8 Å². The van der Waals surface area contributed by atoms with Crippen LogP contribution in [0.3, 0.4) is 0 Å². The SMILES string of the molecule is N#CC(=Cc1ccccc1F)c1ccc(C(F)(F)F)cn1. The lowest BCUT2D eigenvalue weighted by atomic mass is 10.1. The number of hydrogen-bond acceptors (Lipinski definition) is 2. The molecule has 2 aromatic rings. The average Bonchev–Trinajstić information content (AvgIpc) is 2.46. The summed E-state index contributed by atoms with van der Waals surface area (Å²) in [5.74, 6) is -0.530. The third kappa shape index (κ3) is 3.45. The Hall–Kier alpha value is -2.68. The van der Waals surface area contributed by atoms with E-state index in [1.165, 1.54) is 24.3 Å². The van der Waals surface area contributed by atoms with Crippen LogP contribution in [0.5, 0.6) is 0 Å². The summed E-state index contributed by atoms with van der Waals surface area (Å²) >= 11 is 0. The number of pyridine rings is 1. The Labute approximate surface area is 118 Å². The quantitative estimate of drug-likeness (QED) is 0.611. The number of halogens is 4. The molecule has 21 heavy (non-hydrogen) atoms. The smallest absolute Gasteiger partial charge is 0.255 e. The summed E-state index contributed by atoms with van der Waals surface area (Å²) in [5, 5.41) is 9.06. The second-order valence-electron chi connectivity index (χ2n) is 4.12. The fourth-order valence-electron chi connectivity index (χ4n) is 1.63. The number of benzene rings is 1. The number of nitrogens with zero attached hydrogens (tertiary/aromatic N) is 2. The molecule has 0 N–H and O–H groups in total. The molecule has 1 aromatic heterocycles. The molecule has 2 nitrogen and oxygen atoms in total. The molecular weight excluding hydrogens is 284 g/mol. The van der Waals surface area contributed by atoms with Crippen molar-refractivity contribution in [3.8, 4) is 6.07 Å². The van der Waals surface area contributed by atoms with Crippen LogP contribution in [-0.4, -0.2) is 4.98 Å². The van der Waals surface area contributed by atoms with Crippen molar-refractivity contribution in [3.05, 3.63) is 65.2 Å². The van der Waals surface area contributed by atoms with Gasteiger partial charge in [-0.25, -0.2) is 4.39 Å². The van der Waals surface area contributed by atoms with E-state index in [0.717, 1.165) is 12.1 Å². The molecule has 2 rings (SSSR count). The van der Waals surface area contributed by atoms with Gasteiger partial charge in [0, 0.05) is 11.8 Å². The van der Waals surface area contributed by atoms with Crippen LogP contribution in [0.1, 0.15) is 16.8 Å². The fraction of sp³-hybridized carbons (Fsp3) is 0.0667. The lowest BCUT2D eigenvalue weighted by Crippen LogP contribution is -2.05.